The summed E-state index contributed by atoms with van der Waals surface area (Å²) >= 11 is 2.38. The normalized spacial score (nSPS) is 10.9. The summed E-state index contributed by atoms with van der Waals surface area (Å²) in [5, 5.41) is 1.16. The molecule has 0 bridgehead atoms. The zero-order chi connectivity index (χ0) is 11.7. The van der Waals surface area contributed by atoms with Crippen LogP contribution in [0.1, 0.15) is 5.56 Å². The zero-order valence-electron chi connectivity index (χ0n) is 9.19. The molecular formula is C15H11IO. The third-order valence-corrected chi connectivity index (χ3v) is 3.67. The monoisotopic (exact) mass is 334 g/mol. The van der Waals surface area contributed by atoms with Crippen molar-refractivity contribution in [2.45, 2.75) is 4.43 Å². The largest absolute Gasteiger partial charge is 0.456 e. The van der Waals surface area contributed by atoms with Gasteiger partial charge in [-0.25, -0.2) is 0 Å². The molecule has 0 saturated carbocycles. The standard InChI is InChI=1S/C15H11IO/c16-10-12-6-1-3-7-13(12)15-9-11-5-2-4-8-14(11)17-15/h1-9H,10H2. The second kappa shape index (κ2) is 4.53. The number of fused-ring (bicyclic) bond motifs is 1. The predicted molar refractivity (Wildman–Crippen MR) is 79.4 cm³/mol. The maximum absolute atomic E-state index is 5.89. The van der Waals surface area contributed by atoms with Crippen LogP contribution in [0.3, 0.4) is 0 Å². The number of rotatable bonds is 2. The predicted octanol–water partition coefficient (Wildman–Crippen LogP) is 5.03. The Kier molecular flexibility index (Phi) is 2.89. The molecule has 0 radical (unpaired) electrons. The molecular weight excluding hydrogens is 323 g/mol. The molecule has 2 heteroatoms. The van der Waals surface area contributed by atoms with Crippen LogP contribution in [0.2, 0.25) is 0 Å². The molecule has 3 rings (SSSR count). The van der Waals surface area contributed by atoms with Crippen LogP contribution < -0.4 is 0 Å². The molecule has 1 aromatic heterocycles. The van der Waals surface area contributed by atoms with E-state index in [1.54, 1.807) is 0 Å². The second-order valence-electron chi connectivity index (χ2n) is 3.94. The molecule has 0 aliphatic rings. The summed E-state index contributed by atoms with van der Waals surface area (Å²) in [6, 6.07) is 18.6. The molecule has 3 aromatic rings. The molecule has 2 aromatic carbocycles. The maximum atomic E-state index is 5.89. The minimum atomic E-state index is 0.950. The van der Waals surface area contributed by atoms with Crippen LogP contribution in [0, 0.1) is 0 Å². The first-order valence-electron chi connectivity index (χ1n) is 5.51. The lowest BCUT2D eigenvalue weighted by molar-refractivity contribution is 0.631. The number of hydrogen-bond acceptors (Lipinski definition) is 1. The smallest absolute Gasteiger partial charge is 0.135 e. The van der Waals surface area contributed by atoms with E-state index in [2.05, 4.69) is 59.0 Å². The Hall–Kier alpha value is -1.29. The van der Waals surface area contributed by atoms with Crippen molar-refractivity contribution in [3.05, 3.63) is 60.2 Å². The van der Waals surface area contributed by atoms with Gasteiger partial charge in [-0.05, 0) is 17.7 Å². The number of alkyl halides is 1. The summed E-state index contributed by atoms with van der Waals surface area (Å²) in [5.74, 6) is 0.957. The van der Waals surface area contributed by atoms with Gasteiger partial charge in [-0.1, -0.05) is 65.1 Å². The molecule has 0 spiro atoms. The first kappa shape index (κ1) is 10.8. The van der Waals surface area contributed by atoms with Crippen LogP contribution in [-0.4, -0.2) is 0 Å². The van der Waals surface area contributed by atoms with Gasteiger partial charge in [0, 0.05) is 15.4 Å². The van der Waals surface area contributed by atoms with Crippen molar-refractivity contribution < 1.29 is 4.42 Å². The highest BCUT2D eigenvalue weighted by Crippen LogP contribution is 2.30. The number of halogens is 1. The lowest BCUT2D eigenvalue weighted by Gasteiger charge is -2.02. The van der Waals surface area contributed by atoms with Crippen molar-refractivity contribution in [2.24, 2.45) is 0 Å². The number of hydrogen-bond donors (Lipinski definition) is 0. The van der Waals surface area contributed by atoms with Gasteiger partial charge in [-0.2, -0.15) is 0 Å². The van der Waals surface area contributed by atoms with E-state index >= 15 is 0 Å². The molecule has 0 unspecified atom stereocenters. The van der Waals surface area contributed by atoms with E-state index in [9.17, 15) is 0 Å². The first-order chi connectivity index (χ1) is 8.38. The lowest BCUT2D eigenvalue weighted by Crippen LogP contribution is -1.82. The fourth-order valence-electron chi connectivity index (χ4n) is 1.99. The van der Waals surface area contributed by atoms with E-state index in [-0.39, 0.29) is 0 Å². The van der Waals surface area contributed by atoms with Crippen molar-refractivity contribution >= 4 is 33.6 Å². The quantitative estimate of drug-likeness (QED) is 0.473. The third-order valence-electron chi connectivity index (χ3n) is 2.85. The highest BCUT2D eigenvalue weighted by molar-refractivity contribution is 14.1. The average molecular weight is 334 g/mol. The van der Waals surface area contributed by atoms with Gasteiger partial charge in [0.25, 0.3) is 0 Å². The minimum Gasteiger partial charge on any atom is -0.456 e. The van der Waals surface area contributed by atoms with E-state index in [0.717, 1.165) is 21.2 Å². The van der Waals surface area contributed by atoms with Crippen molar-refractivity contribution in [3.63, 3.8) is 0 Å². The summed E-state index contributed by atoms with van der Waals surface area (Å²) in [7, 11) is 0. The lowest BCUT2D eigenvalue weighted by atomic mass is 10.1. The van der Waals surface area contributed by atoms with E-state index in [1.165, 1.54) is 11.1 Å². The molecule has 1 heterocycles. The molecule has 0 fully saturated rings. The number of benzene rings is 2. The maximum Gasteiger partial charge on any atom is 0.135 e. The minimum absolute atomic E-state index is 0.950. The Morgan fingerprint density at radius 2 is 1.71 bits per heavy atom. The van der Waals surface area contributed by atoms with Crippen LogP contribution in [-0.2, 0) is 4.43 Å². The van der Waals surface area contributed by atoms with Gasteiger partial charge in [-0.15, -0.1) is 0 Å². The van der Waals surface area contributed by atoms with Crippen LogP contribution in [0.25, 0.3) is 22.3 Å². The van der Waals surface area contributed by atoms with Crippen LogP contribution in [0.4, 0.5) is 0 Å². The zero-order valence-corrected chi connectivity index (χ0v) is 11.3. The van der Waals surface area contributed by atoms with E-state index in [0.29, 0.717) is 0 Å². The SMILES string of the molecule is ICc1ccccc1-c1cc2ccccc2o1. The molecule has 0 aliphatic carbocycles. The number of para-hydroxylation sites is 1. The average Bonchev–Trinajstić information content (AvgIpc) is 2.82. The highest BCUT2D eigenvalue weighted by Gasteiger charge is 2.08. The third kappa shape index (κ3) is 1.97. The fourth-order valence-corrected chi connectivity index (χ4v) is 2.66. The van der Waals surface area contributed by atoms with Gasteiger partial charge in [0.1, 0.15) is 11.3 Å². The van der Waals surface area contributed by atoms with Crippen LogP contribution in [0.5, 0.6) is 0 Å². The fraction of sp³-hybridized carbons (Fsp3) is 0.0667. The van der Waals surface area contributed by atoms with Crippen molar-refractivity contribution in [2.75, 3.05) is 0 Å². The van der Waals surface area contributed by atoms with Crippen LogP contribution in [0.15, 0.2) is 59.0 Å². The van der Waals surface area contributed by atoms with Crippen LogP contribution >= 0.6 is 22.6 Å². The molecule has 17 heavy (non-hydrogen) atoms. The topological polar surface area (TPSA) is 13.1 Å². The van der Waals surface area contributed by atoms with Crippen molar-refractivity contribution in [1.82, 2.24) is 0 Å². The first-order valence-corrected chi connectivity index (χ1v) is 7.04. The van der Waals surface area contributed by atoms with Gasteiger partial charge in [0.05, 0.1) is 0 Å². The number of furan rings is 1. The highest BCUT2D eigenvalue weighted by atomic mass is 127. The molecule has 0 amide bonds. The van der Waals surface area contributed by atoms with Gasteiger partial charge in [0.2, 0.25) is 0 Å². The molecule has 0 N–H and O–H groups in total. The van der Waals surface area contributed by atoms with Gasteiger partial charge in [-0.3, -0.25) is 0 Å². The Balaban J connectivity index is 2.20. The molecule has 0 aliphatic heterocycles. The summed E-state index contributed by atoms with van der Waals surface area (Å²) < 4.78 is 6.88. The Labute approximate surface area is 114 Å². The summed E-state index contributed by atoms with van der Waals surface area (Å²) in [4.78, 5) is 0. The van der Waals surface area contributed by atoms with Gasteiger partial charge >= 0.3 is 0 Å². The summed E-state index contributed by atoms with van der Waals surface area (Å²) in [5.41, 5.74) is 3.45. The summed E-state index contributed by atoms with van der Waals surface area (Å²) in [6.07, 6.45) is 0. The Morgan fingerprint density at radius 3 is 2.53 bits per heavy atom. The van der Waals surface area contributed by atoms with Crippen molar-refractivity contribution in [3.8, 4) is 11.3 Å². The van der Waals surface area contributed by atoms with Crippen molar-refractivity contribution in [1.29, 1.82) is 0 Å². The molecule has 0 saturated heterocycles. The van der Waals surface area contributed by atoms with Gasteiger partial charge in [0.15, 0.2) is 0 Å². The molecule has 84 valence electrons. The van der Waals surface area contributed by atoms with E-state index in [1.807, 2.05) is 18.2 Å². The Bertz CT molecular complexity index is 622. The summed E-state index contributed by atoms with van der Waals surface area (Å²) in [6.45, 7) is 0. The van der Waals surface area contributed by atoms with Gasteiger partial charge < -0.3 is 4.42 Å². The molecule has 0 atom stereocenters. The van der Waals surface area contributed by atoms with E-state index < -0.39 is 0 Å². The molecule has 1 nitrogen and oxygen atoms in total. The Morgan fingerprint density at radius 1 is 0.941 bits per heavy atom. The second-order valence-corrected chi connectivity index (χ2v) is 4.70. The van der Waals surface area contributed by atoms with E-state index in [4.69, 9.17) is 4.42 Å².